The first-order chi connectivity index (χ1) is 8.06. The second-order valence-corrected chi connectivity index (χ2v) is 3.86. The van der Waals surface area contributed by atoms with Gasteiger partial charge in [-0.15, -0.1) is 0 Å². The topological polar surface area (TPSA) is 68.2 Å². The molecule has 6 heteroatoms. The van der Waals surface area contributed by atoms with E-state index in [1.54, 1.807) is 11.8 Å². The predicted octanol–water partition coefficient (Wildman–Crippen LogP) is -0.0372. The zero-order chi connectivity index (χ0) is 12.8. The summed E-state index contributed by atoms with van der Waals surface area (Å²) < 4.78 is 7.01. The molecular weight excluding hydrogens is 220 g/mol. The largest absolute Gasteiger partial charge is 0.481 e. The third kappa shape index (κ3) is 3.74. The van der Waals surface area contributed by atoms with Crippen molar-refractivity contribution in [1.82, 2.24) is 20.4 Å². The number of rotatable bonds is 6. The predicted molar refractivity (Wildman–Crippen MR) is 64.9 cm³/mol. The van der Waals surface area contributed by atoms with Crippen LogP contribution in [0.1, 0.15) is 18.2 Å². The van der Waals surface area contributed by atoms with Gasteiger partial charge in [-0.05, 0) is 6.92 Å². The molecule has 0 radical (unpaired) electrons. The molecule has 0 bridgehead atoms. The van der Waals surface area contributed by atoms with E-state index in [1.807, 2.05) is 14.0 Å². The molecule has 2 N–H and O–H groups in total. The highest BCUT2D eigenvalue weighted by molar-refractivity contribution is 5.72. The summed E-state index contributed by atoms with van der Waals surface area (Å²) in [5, 5.41) is 10.3. The molecule has 0 saturated heterocycles. The summed E-state index contributed by atoms with van der Waals surface area (Å²) >= 11 is 0. The van der Waals surface area contributed by atoms with Gasteiger partial charge in [-0.3, -0.25) is 4.79 Å². The Morgan fingerprint density at radius 2 is 2.18 bits per heavy atom. The summed E-state index contributed by atoms with van der Waals surface area (Å²) in [5.41, 5.74) is 2.01. The Morgan fingerprint density at radius 3 is 2.76 bits per heavy atom. The Bertz CT molecular complexity index is 387. The molecule has 1 amide bonds. The highest BCUT2D eigenvalue weighted by Gasteiger charge is 2.12. The summed E-state index contributed by atoms with van der Waals surface area (Å²) in [4.78, 5) is 10.7. The fraction of sp³-hybridized carbons (Fsp3) is 0.636. The maximum Gasteiger partial charge on any atom is 0.216 e. The number of aromatic nitrogens is 2. The highest BCUT2D eigenvalue weighted by Crippen LogP contribution is 2.20. The number of carbonyl (C=O) groups is 1. The monoisotopic (exact) mass is 240 g/mol. The van der Waals surface area contributed by atoms with Crippen LogP contribution in [0.4, 0.5) is 0 Å². The van der Waals surface area contributed by atoms with E-state index in [1.165, 1.54) is 6.92 Å². The molecule has 0 atom stereocenters. The van der Waals surface area contributed by atoms with Crippen LogP contribution >= 0.6 is 0 Å². The Hall–Kier alpha value is -1.56. The first-order valence-corrected chi connectivity index (χ1v) is 5.58. The minimum absolute atomic E-state index is 0.0121. The van der Waals surface area contributed by atoms with Crippen molar-refractivity contribution in [1.29, 1.82) is 0 Å². The molecule has 0 aliphatic rings. The smallest absolute Gasteiger partial charge is 0.216 e. The van der Waals surface area contributed by atoms with E-state index in [9.17, 15) is 4.79 Å². The van der Waals surface area contributed by atoms with Crippen LogP contribution < -0.4 is 15.4 Å². The van der Waals surface area contributed by atoms with Gasteiger partial charge in [0.1, 0.15) is 0 Å². The van der Waals surface area contributed by atoms with E-state index in [0.29, 0.717) is 13.1 Å². The van der Waals surface area contributed by atoms with Crippen LogP contribution in [-0.2, 0) is 18.4 Å². The lowest BCUT2D eigenvalue weighted by atomic mass is 10.2. The lowest BCUT2D eigenvalue weighted by molar-refractivity contribution is -0.118. The normalized spacial score (nSPS) is 10.4. The number of carbonyl (C=O) groups excluding carboxylic acids is 1. The van der Waals surface area contributed by atoms with Gasteiger partial charge in [0.15, 0.2) is 0 Å². The van der Waals surface area contributed by atoms with Gasteiger partial charge in [0, 0.05) is 33.6 Å². The number of aryl methyl sites for hydroxylation is 2. The third-order valence-electron chi connectivity index (χ3n) is 2.46. The quantitative estimate of drug-likeness (QED) is 0.685. The fourth-order valence-electron chi connectivity index (χ4n) is 1.68. The van der Waals surface area contributed by atoms with Crippen LogP contribution in [-0.4, -0.2) is 35.9 Å². The van der Waals surface area contributed by atoms with Crippen LogP contribution in [0.25, 0.3) is 0 Å². The summed E-state index contributed by atoms with van der Waals surface area (Å²) in [7, 11) is 3.49. The van der Waals surface area contributed by atoms with E-state index >= 15 is 0 Å². The summed E-state index contributed by atoms with van der Waals surface area (Å²) in [6, 6.07) is 0. The number of hydrogen-bond acceptors (Lipinski definition) is 4. The minimum Gasteiger partial charge on any atom is -0.481 e. The average Bonchev–Trinajstić information content (AvgIpc) is 2.52. The molecule has 0 saturated carbocycles. The van der Waals surface area contributed by atoms with Crippen molar-refractivity contribution in [3.8, 4) is 5.88 Å². The van der Waals surface area contributed by atoms with Crippen molar-refractivity contribution >= 4 is 5.91 Å². The van der Waals surface area contributed by atoms with E-state index in [2.05, 4.69) is 15.7 Å². The van der Waals surface area contributed by atoms with E-state index in [0.717, 1.165) is 23.7 Å². The Morgan fingerprint density at radius 1 is 1.47 bits per heavy atom. The zero-order valence-corrected chi connectivity index (χ0v) is 10.8. The van der Waals surface area contributed by atoms with Crippen molar-refractivity contribution in [2.75, 3.05) is 20.2 Å². The van der Waals surface area contributed by atoms with Gasteiger partial charge in [-0.2, -0.15) is 5.10 Å². The second kappa shape index (κ2) is 6.24. The molecule has 0 aliphatic carbocycles. The molecule has 1 aromatic rings. The SMILES string of the molecule is COc1c(CNCCNC(C)=O)c(C)nn1C. The van der Waals surface area contributed by atoms with Gasteiger partial charge >= 0.3 is 0 Å². The van der Waals surface area contributed by atoms with E-state index in [4.69, 9.17) is 4.74 Å². The third-order valence-corrected chi connectivity index (χ3v) is 2.46. The molecule has 0 spiro atoms. The molecule has 1 aromatic heterocycles. The van der Waals surface area contributed by atoms with Gasteiger partial charge in [0.25, 0.3) is 0 Å². The number of amides is 1. The zero-order valence-electron chi connectivity index (χ0n) is 10.8. The molecule has 0 aliphatic heterocycles. The van der Waals surface area contributed by atoms with E-state index in [-0.39, 0.29) is 5.91 Å². The molecule has 1 heterocycles. The molecule has 0 unspecified atom stereocenters. The van der Waals surface area contributed by atoms with Crippen molar-refractivity contribution in [3.05, 3.63) is 11.3 Å². The lowest BCUT2D eigenvalue weighted by Crippen LogP contribution is -2.30. The van der Waals surface area contributed by atoms with Gasteiger partial charge in [-0.1, -0.05) is 0 Å². The maximum absolute atomic E-state index is 10.7. The molecule has 0 aromatic carbocycles. The number of nitrogens with zero attached hydrogens (tertiary/aromatic N) is 2. The molecular formula is C11H20N4O2. The van der Waals surface area contributed by atoms with Crippen LogP contribution in [0, 0.1) is 6.92 Å². The molecule has 6 nitrogen and oxygen atoms in total. The van der Waals surface area contributed by atoms with Crippen molar-refractivity contribution in [2.24, 2.45) is 7.05 Å². The average molecular weight is 240 g/mol. The Kier molecular flexibility index (Phi) is 4.96. The van der Waals surface area contributed by atoms with Crippen LogP contribution in [0.5, 0.6) is 5.88 Å². The minimum atomic E-state index is -0.0121. The molecule has 17 heavy (non-hydrogen) atoms. The lowest BCUT2D eigenvalue weighted by Gasteiger charge is -2.07. The summed E-state index contributed by atoms with van der Waals surface area (Å²) in [5.74, 6) is 0.761. The second-order valence-electron chi connectivity index (χ2n) is 3.86. The number of hydrogen-bond donors (Lipinski definition) is 2. The Balaban J connectivity index is 2.43. The number of methoxy groups -OCH3 is 1. The summed E-state index contributed by atoms with van der Waals surface area (Å²) in [6.45, 7) is 5.48. The van der Waals surface area contributed by atoms with Crippen LogP contribution in [0.2, 0.25) is 0 Å². The first kappa shape index (κ1) is 13.5. The molecule has 96 valence electrons. The first-order valence-electron chi connectivity index (χ1n) is 5.58. The Labute approximate surface area is 101 Å². The highest BCUT2D eigenvalue weighted by atomic mass is 16.5. The molecule has 1 rings (SSSR count). The van der Waals surface area contributed by atoms with Gasteiger partial charge < -0.3 is 15.4 Å². The summed E-state index contributed by atoms with van der Waals surface area (Å²) in [6.07, 6.45) is 0. The van der Waals surface area contributed by atoms with Crippen molar-refractivity contribution in [2.45, 2.75) is 20.4 Å². The van der Waals surface area contributed by atoms with Crippen LogP contribution in [0.15, 0.2) is 0 Å². The van der Waals surface area contributed by atoms with Gasteiger partial charge in [0.05, 0.1) is 18.4 Å². The fourth-order valence-corrected chi connectivity index (χ4v) is 1.68. The number of nitrogens with one attached hydrogen (secondary N) is 2. The standard InChI is InChI=1S/C11H20N4O2/c1-8-10(11(17-4)15(3)14-8)7-12-5-6-13-9(2)16/h12H,5-7H2,1-4H3,(H,13,16). The van der Waals surface area contributed by atoms with Crippen LogP contribution in [0.3, 0.4) is 0 Å². The van der Waals surface area contributed by atoms with Gasteiger partial charge in [-0.25, -0.2) is 4.68 Å². The van der Waals surface area contributed by atoms with Crippen molar-refractivity contribution in [3.63, 3.8) is 0 Å². The van der Waals surface area contributed by atoms with Gasteiger partial charge in [0.2, 0.25) is 11.8 Å². The number of ether oxygens (including phenoxy) is 1. The maximum atomic E-state index is 10.7. The molecule has 0 fully saturated rings. The van der Waals surface area contributed by atoms with Crippen molar-refractivity contribution < 1.29 is 9.53 Å². The van der Waals surface area contributed by atoms with E-state index < -0.39 is 0 Å².